The zero-order chi connectivity index (χ0) is 21.3. The highest BCUT2D eigenvalue weighted by molar-refractivity contribution is 5.75. The molecule has 6 nitrogen and oxygen atoms in total. The molecule has 0 unspecified atom stereocenters. The first kappa shape index (κ1) is 21.4. The van der Waals surface area contributed by atoms with Gasteiger partial charge in [-0.15, -0.1) is 0 Å². The van der Waals surface area contributed by atoms with Gasteiger partial charge in [0.1, 0.15) is 0 Å². The molecule has 0 atom stereocenters. The summed E-state index contributed by atoms with van der Waals surface area (Å²) in [6, 6.07) is 4.22. The van der Waals surface area contributed by atoms with Gasteiger partial charge in [-0.2, -0.15) is 0 Å². The summed E-state index contributed by atoms with van der Waals surface area (Å²) in [6.07, 6.45) is 2.08. The van der Waals surface area contributed by atoms with E-state index in [1.54, 1.807) is 18.5 Å². The van der Waals surface area contributed by atoms with Crippen molar-refractivity contribution in [1.29, 1.82) is 0 Å². The Kier molecular flexibility index (Phi) is 6.03. The number of aryl methyl sites for hydroxylation is 2. The average molecular weight is 401 g/mol. The van der Waals surface area contributed by atoms with Gasteiger partial charge in [-0.05, 0) is 55.9 Å². The van der Waals surface area contributed by atoms with E-state index in [9.17, 15) is 14.7 Å². The van der Waals surface area contributed by atoms with Crippen molar-refractivity contribution >= 4 is 5.97 Å². The van der Waals surface area contributed by atoms with Crippen LogP contribution >= 0.6 is 0 Å². The molecular formula is C23H32N2O4. The molecule has 3 rings (SSSR count). The van der Waals surface area contributed by atoms with Crippen molar-refractivity contribution in [2.24, 2.45) is 5.41 Å². The van der Waals surface area contributed by atoms with Crippen LogP contribution in [0.2, 0.25) is 0 Å². The summed E-state index contributed by atoms with van der Waals surface area (Å²) in [6.45, 7) is 11.8. The van der Waals surface area contributed by atoms with E-state index >= 15 is 0 Å². The fourth-order valence-electron chi connectivity index (χ4n) is 4.20. The van der Waals surface area contributed by atoms with Crippen LogP contribution in [0.25, 0.3) is 11.1 Å². The van der Waals surface area contributed by atoms with Crippen molar-refractivity contribution in [1.82, 2.24) is 9.36 Å². The molecule has 1 aliphatic heterocycles. The molecule has 0 saturated carbocycles. The predicted molar refractivity (Wildman–Crippen MR) is 114 cm³/mol. The van der Waals surface area contributed by atoms with E-state index in [1.165, 1.54) is 16.7 Å². The molecular weight excluding hydrogens is 368 g/mol. The van der Waals surface area contributed by atoms with Crippen LogP contribution in [0.15, 0.2) is 16.9 Å². The summed E-state index contributed by atoms with van der Waals surface area (Å²) in [5.41, 5.74) is 5.05. The Morgan fingerprint density at radius 3 is 2.17 bits per heavy atom. The second-order valence-corrected chi connectivity index (χ2v) is 8.48. The zero-order valence-corrected chi connectivity index (χ0v) is 18.2. The number of benzene rings is 1. The van der Waals surface area contributed by atoms with Crippen LogP contribution in [-0.4, -0.2) is 33.7 Å². The van der Waals surface area contributed by atoms with E-state index in [0.717, 1.165) is 24.1 Å². The normalized spacial score (nSPS) is 14.5. The Bertz CT molecular complexity index is 956. The first-order valence-corrected chi connectivity index (χ1v) is 10.5. The predicted octanol–water partition coefficient (Wildman–Crippen LogP) is 3.43. The summed E-state index contributed by atoms with van der Waals surface area (Å²) in [7, 11) is 0. The third-order valence-electron chi connectivity index (χ3n) is 6.10. The van der Waals surface area contributed by atoms with Gasteiger partial charge in [0.15, 0.2) is 0 Å². The summed E-state index contributed by atoms with van der Waals surface area (Å²) in [5.74, 6) is -0.867. The Morgan fingerprint density at radius 2 is 1.66 bits per heavy atom. The van der Waals surface area contributed by atoms with Gasteiger partial charge in [0, 0.05) is 12.1 Å². The number of rotatable bonds is 6. The first-order valence-electron chi connectivity index (χ1n) is 10.5. The molecule has 0 spiro atoms. The third-order valence-corrected chi connectivity index (χ3v) is 6.10. The Morgan fingerprint density at radius 1 is 1.10 bits per heavy atom. The number of carboxylic acids is 1. The lowest BCUT2D eigenvalue weighted by Gasteiger charge is -2.22. The lowest BCUT2D eigenvalue weighted by molar-refractivity contribution is -0.146. The van der Waals surface area contributed by atoms with Crippen molar-refractivity contribution in [2.75, 3.05) is 13.2 Å². The molecule has 0 fully saturated rings. The van der Waals surface area contributed by atoms with Crippen LogP contribution in [0.1, 0.15) is 50.1 Å². The van der Waals surface area contributed by atoms with Crippen molar-refractivity contribution < 1.29 is 14.6 Å². The van der Waals surface area contributed by atoms with E-state index in [4.69, 9.17) is 4.74 Å². The molecule has 0 aliphatic carbocycles. The second kappa shape index (κ2) is 8.19. The second-order valence-electron chi connectivity index (χ2n) is 8.48. The average Bonchev–Trinajstić information content (AvgIpc) is 2.83. The fraction of sp³-hybridized carbons (Fsp3) is 0.565. The minimum Gasteiger partial charge on any atom is -0.481 e. The molecule has 1 aromatic carbocycles. The summed E-state index contributed by atoms with van der Waals surface area (Å²) >= 11 is 0. The maximum absolute atomic E-state index is 13.5. The van der Waals surface area contributed by atoms with Gasteiger partial charge in [0.2, 0.25) is 0 Å². The number of ether oxygens (including phenoxy) is 1. The fourth-order valence-corrected chi connectivity index (χ4v) is 4.20. The number of carboxylic acid groups (broad SMARTS) is 1. The van der Waals surface area contributed by atoms with Crippen molar-refractivity contribution in [3.8, 4) is 11.1 Å². The number of hydrogen-bond acceptors (Lipinski definition) is 3. The number of fused-ring (bicyclic) bond motifs is 1. The smallest absolute Gasteiger partial charge is 0.309 e. The van der Waals surface area contributed by atoms with Crippen LogP contribution in [0, 0.1) is 12.3 Å². The monoisotopic (exact) mass is 400 g/mol. The Balaban J connectivity index is 2.29. The summed E-state index contributed by atoms with van der Waals surface area (Å²) in [5, 5.41) is 9.71. The van der Waals surface area contributed by atoms with E-state index in [2.05, 4.69) is 32.9 Å². The molecule has 0 saturated heterocycles. The van der Waals surface area contributed by atoms with Gasteiger partial charge in [0.25, 0.3) is 5.56 Å². The topological polar surface area (TPSA) is 73.5 Å². The molecule has 2 aromatic rings. The minimum absolute atomic E-state index is 0.0559. The molecule has 29 heavy (non-hydrogen) atoms. The standard InChI is InChI=1S/C23H32N2O4/c1-6-16-12-18(13-17(7-2)15(16)3)20-19(14-23(4,5)22(27)28)24-8-10-29-11-9-25(24)21(20)26/h12-13H,6-11,14H2,1-5H3,(H,27,28). The number of aromatic nitrogens is 2. The van der Waals surface area contributed by atoms with E-state index in [-0.39, 0.29) is 12.0 Å². The Hall–Kier alpha value is -2.34. The van der Waals surface area contributed by atoms with Gasteiger partial charge in [-0.25, -0.2) is 4.68 Å². The molecule has 1 aromatic heterocycles. The lowest BCUT2D eigenvalue weighted by Crippen LogP contribution is -2.29. The van der Waals surface area contributed by atoms with Crippen LogP contribution in [0.3, 0.4) is 0 Å². The Labute approximate surface area is 172 Å². The number of carbonyl (C=O) groups is 1. The van der Waals surface area contributed by atoms with E-state index < -0.39 is 11.4 Å². The highest BCUT2D eigenvalue weighted by atomic mass is 16.5. The minimum atomic E-state index is -0.976. The molecule has 0 bridgehead atoms. The van der Waals surface area contributed by atoms with Crippen LogP contribution < -0.4 is 5.56 Å². The number of hydrogen-bond donors (Lipinski definition) is 1. The van der Waals surface area contributed by atoms with Crippen molar-refractivity contribution in [2.45, 2.75) is 67.0 Å². The third kappa shape index (κ3) is 3.90. The van der Waals surface area contributed by atoms with Crippen LogP contribution in [0.5, 0.6) is 0 Å². The summed E-state index contributed by atoms with van der Waals surface area (Å²) in [4.78, 5) is 25.3. The van der Waals surface area contributed by atoms with Crippen molar-refractivity contribution in [3.05, 3.63) is 44.9 Å². The van der Waals surface area contributed by atoms with E-state index in [0.29, 0.717) is 31.9 Å². The first-order chi connectivity index (χ1) is 13.7. The lowest BCUT2D eigenvalue weighted by atomic mass is 9.85. The van der Waals surface area contributed by atoms with Gasteiger partial charge in [-0.3, -0.25) is 14.3 Å². The molecule has 0 amide bonds. The SMILES string of the molecule is CCc1cc(-c2c(CC(C)(C)C(=O)O)n3n(c2=O)CCOCC3)cc(CC)c1C. The van der Waals surface area contributed by atoms with Gasteiger partial charge < -0.3 is 9.84 Å². The maximum atomic E-state index is 13.5. The molecule has 6 heteroatoms. The summed E-state index contributed by atoms with van der Waals surface area (Å²) < 4.78 is 9.24. The van der Waals surface area contributed by atoms with Crippen molar-refractivity contribution in [3.63, 3.8) is 0 Å². The van der Waals surface area contributed by atoms with E-state index in [1.807, 2.05) is 4.68 Å². The van der Waals surface area contributed by atoms with Crippen LogP contribution in [-0.2, 0) is 41.9 Å². The molecule has 1 N–H and O–H groups in total. The maximum Gasteiger partial charge on any atom is 0.309 e. The van der Waals surface area contributed by atoms with Crippen LogP contribution in [0.4, 0.5) is 0 Å². The number of aliphatic carboxylic acids is 1. The number of nitrogens with zero attached hydrogens (tertiary/aromatic N) is 2. The van der Waals surface area contributed by atoms with Gasteiger partial charge >= 0.3 is 5.97 Å². The largest absolute Gasteiger partial charge is 0.481 e. The highest BCUT2D eigenvalue weighted by Crippen LogP contribution is 2.32. The van der Waals surface area contributed by atoms with Gasteiger partial charge in [0.05, 0.1) is 37.3 Å². The zero-order valence-electron chi connectivity index (χ0n) is 18.2. The quantitative estimate of drug-likeness (QED) is 0.806. The molecule has 1 aliphatic rings. The highest BCUT2D eigenvalue weighted by Gasteiger charge is 2.33. The molecule has 0 radical (unpaired) electrons. The molecule has 158 valence electrons. The van der Waals surface area contributed by atoms with Gasteiger partial charge in [-0.1, -0.05) is 26.0 Å². The molecule has 2 heterocycles.